The molecule has 1 amide bonds. The highest BCUT2D eigenvalue weighted by molar-refractivity contribution is 6.04. The van der Waals surface area contributed by atoms with Crippen molar-refractivity contribution >= 4 is 17.3 Å². The second-order valence-electron chi connectivity index (χ2n) is 6.10. The largest absolute Gasteiger partial charge is 0.376 e. The van der Waals surface area contributed by atoms with Crippen molar-refractivity contribution in [2.45, 2.75) is 32.4 Å². The van der Waals surface area contributed by atoms with Crippen molar-refractivity contribution in [1.82, 2.24) is 9.78 Å². The van der Waals surface area contributed by atoms with Crippen LogP contribution in [0.15, 0.2) is 36.7 Å². The van der Waals surface area contributed by atoms with Gasteiger partial charge in [0, 0.05) is 37.6 Å². The first-order chi connectivity index (χ1) is 11.7. The fourth-order valence-electron chi connectivity index (χ4n) is 2.78. The van der Waals surface area contributed by atoms with Crippen LogP contribution in [0.3, 0.4) is 0 Å². The number of benzene rings is 1. The molecule has 3 rings (SSSR count). The van der Waals surface area contributed by atoms with Crippen LogP contribution in [-0.4, -0.2) is 42.0 Å². The molecule has 0 radical (unpaired) electrons. The number of ether oxygens (including phenoxy) is 1. The molecule has 1 aliphatic rings. The van der Waals surface area contributed by atoms with Gasteiger partial charge in [-0.2, -0.15) is 5.10 Å². The summed E-state index contributed by atoms with van der Waals surface area (Å²) in [5, 5.41) is 7.18. The molecule has 0 spiro atoms. The van der Waals surface area contributed by atoms with Crippen LogP contribution < -0.4 is 10.2 Å². The summed E-state index contributed by atoms with van der Waals surface area (Å²) in [7, 11) is 2.03. The molecule has 2 heterocycles. The van der Waals surface area contributed by atoms with E-state index in [1.807, 2.05) is 42.2 Å². The number of anilines is 2. The average Bonchev–Trinajstić information content (AvgIpc) is 3.27. The van der Waals surface area contributed by atoms with E-state index < -0.39 is 0 Å². The van der Waals surface area contributed by atoms with E-state index in [-0.39, 0.29) is 12.0 Å². The normalized spacial score (nSPS) is 17.0. The second-order valence-corrected chi connectivity index (χ2v) is 6.10. The van der Waals surface area contributed by atoms with Crippen molar-refractivity contribution in [2.75, 3.05) is 30.4 Å². The predicted molar refractivity (Wildman–Crippen MR) is 94.5 cm³/mol. The first-order valence-electron chi connectivity index (χ1n) is 8.42. The van der Waals surface area contributed by atoms with Gasteiger partial charge in [-0.25, -0.2) is 0 Å². The number of aromatic nitrogens is 2. The third kappa shape index (κ3) is 3.94. The first-order valence-corrected chi connectivity index (χ1v) is 8.42. The number of nitrogens with zero attached hydrogens (tertiary/aromatic N) is 3. The molecule has 1 fully saturated rings. The second kappa shape index (κ2) is 7.49. The van der Waals surface area contributed by atoms with E-state index >= 15 is 0 Å². The lowest BCUT2D eigenvalue weighted by atomic mass is 10.2. The van der Waals surface area contributed by atoms with Crippen molar-refractivity contribution in [3.05, 3.63) is 42.2 Å². The van der Waals surface area contributed by atoms with Crippen LogP contribution in [0, 0.1) is 0 Å². The van der Waals surface area contributed by atoms with Gasteiger partial charge < -0.3 is 15.0 Å². The Hall–Kier alpha value is -2.34. The van der Waals surface area contributed by atoms with Crippen LogP contribution in [0.4, 0.5) is 11.4 Å². The third-order valence-electron chi connectivity index (χ3n) is 4.35. The Morgan fingerprint density at radius 1 is 1.42 bits per heavy atom. The summed E-state index contributed by atoms with van der Waals surface area (Å²) in [5.74, 6) is -0.127. The zero-order valence-corrected chi connectivity index (χ0v) is 14.2. The monoisotopic (exact) mass is 328 g/mol. The number of rotatable bonds is 6. The minimum atomic E-state index is -0.127. The topological polar surface area (TPSA) is 59.4 Å². The summed E-state index contributed by atoms with van der Waals surface area (Å²) < 4.78 is 7.43. The molecule has 0 unspecified atom stereocenters. The molecule has 24 heavy (non-hydrogen) atoms. The summed E-state index contributed by atoms with van der Waals surface area (Å²) in [5.41, 5.74) is 2.43. The van der Waals surface area contributed by atoms with Crippen LogP contribution in [0.1, 0.15) is 30.1 Å². The van der Waals surface area contributed by atoms with E-state index in [2.05, 4.69) is 22.2 Å². The Morgan fingerprint density at radius 2 is 2.21 bits per heavy atom. The smallest absolute Gasteiger partial charge is 0.255 e. The maximum atomic E-state index is 12.3. The highest BCUT2D eigenvalue weighted by Crippen LogP contribution is 2.17. The zero-order chi connectivity index (χ0) is 16.9. The van der Waals surface area contributed by atoms with Crippen LogP contribution in [-0.2, 0) is 11.3 Å². The fraction of sp³-hybridized carbons (Fsp3) is 0.444. The van der Waals surface area contributed by atoms with Crippen molar-refractivity contribution in [3.63, 3.8) is 0 Å². The molecule has 0 saturated carbocycles. The number of hydrogen-bond donors (Lipinski definition) is 1. The summed E-state index contributed by atoms with van der Waals surface area (Å²) in [6.45, 7) is 4.58. The van der Waals surface area contributed by atoms with Gasteiger partial charge in [0.2, 0.25) is 0 Å². The Kier molecular flexibility index (Phi) is 5.15. The molecule has 0 bridgehead atoms. The van der Waals surface area contributed by atoms with Gasteiger partial charge >= 0.3 is 0 Å². The van der Waals surface area contributed by atoms with Gasteiger partial charge in [-0.15, -0.1) is 0 Å². The third-order valence-corrected chi connectivity index (χ3v) is 4.35. The van der Waals surface area contributed by atoms with Gasteiger partial charge in [-0.1, -0.05) is 0 Å². The van der Waals surface area contributed by atoms with Crippen LogP contribution in [0.25, 0.3) is 0 Å². The molecule has 2 aromatic rings. The average molecular weight is 328 g/mol. The molecule has 0 aliphatic carbocycles. The van der Waals surface area contributed by atoms with Crippen LogP contribution in [0.5, 0.6) is 0 Å². The lowest BCUT2D eigenvalue weighted by Gasteiger charge is -2.16. The summed E-state index contributed by atoms with van der Waals surface area (Å²) >= 11 is 0. The zero-order valence-electron chi connectivity index (χ0n) is 14.2. The fourth-order valence-corrected chi connectivity index (χ4v) is 2.78. The Bertz CT molecular complexity index is 675. The molecule has 1 aromatic heterocycles. The number of carbonyl (C=O) groups excluding carboxylic acids is 1. The van der Waals surface area contributed by atoms with E-state index in [9.17, 15) is 4.79 Å². The Morgan fingerprint density at radius 3 is 2.88 bits per heavy atom. The minimum absolute atomic E-state index is 0.127. The van der Waals surface area contributed by atoms with Crippen molar-refractivity contribution in [3.8, 4) is 0 Å². The number of amides is 1. The molecule has 6 heteroatoms. The Labute approximate surface area is 142 Å². The first kappa shape index (κ1) is 16.5. The van der Waals surface area contributed by atoms with Gasteiger partial charge in [-0.3, -0.25) is 9.48 Å². The predicted octanol–water partition coefficient (Wildman–Crippen LogP) is 2.77. The highest BCUT2D eigenvalue weighted by Gasteiger charge is 2.16. The minimum Gasteiger partial charge on any atom is -0.376 e. The van der Waals surface area contributed by atoms with Crippen molar-refractivity contribution in [2.24, 2.45) is 0 Å². The van der Waals surface area contributed by atoms with Crippen LogP contribution >= 0.6 is 0 Å². The standard InChI is InChI=1S/C18H24N4O2/c1-3-21(2)16-8-6-14(7-9-16)18(23)20-15-11-19-22(12-15)13-17-5-4-10-24-17/h6-9,11-12,17H,3-5,10,13H2,1-2H3,(H,20,23)/t17-/m0/s1. The molecular formula is C18H24N4O2. The van der Waals surface area contributed by atoms with E-state index in [0.717, 1.165) is 38.2 Å². The summed E-state index contributed by atoms with van der Waals surface area (Å²) in [6.07, 6.45) is 5.93. The van der Waals surface area contributed by atoms with Crippen molar-refractivity contribution in [1.29, 1.82) is 0 Å². The highest BCUT2D eigenvalue weighted by atomic mass is 16.5. The number of carbonyl (C=O) groups is 1. The lowest BCUT2D eigenvalue weighted by molar-refractivity contribution is 0.0940. The van der Waals surface area contributed by atoms with Gasteiger partial charge in [0.15, 0.2) is 0 Å². The number of hydrogen-bond acceptors (Lipinski definition) is 4. The molecule has 128 valence electrons. The maximum Gasteiger partial charge on any atom is 0.255 e. The van der Waals surface area contributed by atoms with Gasteiger partial charge in [0.05, 0.1) is 24.5 Å². The molecule has 1 atom stereocenters. The van der Waals surface area contributed by atoms with E-state index in [0.29, 0.717) is 11.3 Å². The van der Waals surface area contributed by atoms with Gasteiger partial charge in [-0.05, 0) is 44.0 Å². The van der Waals surface area contributed by atoms with Crippen LogP contribution in [0.2, 0.25) is 0 Å². The van der Waals surface area contributed by atoms with E-state index in [4.69, 9.17) is 4.74 Å². The van der Waals surface area contributed by atoms with Crippen molar-refractivity contribution < 1.29 is 9.53 Å². The SMILES string of the molecule is CCN(C)c1ccc(C(=O)Nc2cnn(C[C@@H]3CCCO3)c2)cc1. The molecule has 1 aliphatic heterocycles. The molecule has 1 saturated heterocycles. The number of nitrogens with one attached hydrogen (secondary N) is 1. The molecular weight excluding hydrogens is 304 g/mol. The molecule has 1 N–H and O–H groups in total. The maximum absolute atomic E-state index is 12.3. The van der Waals surface area contributed by atoms with E-state index in [1.165, 1.54) is 0 Å². The lowest BCUT2D eigenvalue weighted by Crippen LogP contribution is -2.16. The molecule has 6 nitrogen and oxygen atoms in total. The summed E-state index contributed by atoms with van der Waals surface area (Å²) in [6, 6.07) is 7.60. The quantitative estimate of drug-likeness (QED) is 0.886. The summed E-state index contributed by atoms with van der Waals surface area (Å²) in [4.78, 5) is 14.5. The Balaban J connectivity index is 1.59. The van der Waals surface area contributed by atoms with E-state index in [1.54, 1.807) is 6.20 Å². The van der Waals surface area contributed by atoms with Gasteiger partial charge in [0.25, 0.3) is 5.91 Å². The van der Waals surface area contributed by atoms with Gasteiger partial charge in [0.1, 0.15) is 0 Å². The molecule has 1 aromatic carbocycles.